The first-order chi connectivity index (χ1) is 13.5. The van der Waals surface area contributed by atoms with E-state index in [4.69, 9.17) is 18.9 Å². The molecule has 2 fully saturated rings. The molecule has 2 aliphatic heterocycles. The molecule has 4 rings (SSSR count). The molecule has 6 nitrogen and oxygen atoms in total. The van der Waals surface area contributed by atoms with E-state index in [1.165, 1.54) is 0 Å². The third kappa shape index (κ3) is 3.50. The first kappa shape index (κ1) is 18.9. The minimum absolute atomic E-state index is 0.00114. The van der Waals surface area contributed by atoms with Gasteiger partial charge in [-0.25, -0.2) is 0 Å². The summed E-state index contributed by atoms with van der Waals surface area (Å²) < 4.78 is 23.0. The highest BCUT2D eigenvalue weighted by Crippen LogP contribution is 2.48. The molecule has 2 spiro atoms. The zero-order chi connectivity index (χ0) is 19.8. The van der Waals surface area contributed by atoms with Gasteiger partial charge in [-0.1, -0.05) is 0 Å². The minimum Gasteiger partial charge on any atom is -0.493 e. The molecule has 1 aromatic rings. The fourth-order valence-electron chi connectivity index (χ4n) is 4.17. The monoisotopic (exact) mass is 384 g/mol. The number of ketones is 2. The minimum atomic E-state index is -0.669. The number of benzene rings is 1. The first-order valence-corrected chi connectivity index (χ1v) is 9.52. The Morgan fingerprint density at radius 1 is 1.11 bits per heavy atom. The number of rotatable bonds is 5. The number of Topliss-reactive ketones (excluding diaryl/α,β-unsaturated/α-hetero) is 1. The van der Waals surface area contributed by atoms with E-state index in [9.17, 15) is 9.59 Å². The lowest BCUT2D eigenvalue weighted by atomic mass is 9.94. The molecule has 0 amide bonds. The van der Waals surface area contributed by atoms with Crippen LogP contribution in [0.5, 0.6) is 11.5 Å². The van der Waals surface area contributed by atoms with Crippen molar-refractivity contribution in [1.82, 2.24) is 0 Å². The van der Waals surface area contributed by atoms with Gasteiger partial charge in [0.15, 0.2) is 28.9 Å². The molecule has 3 aliphatic rings. The standard InChI is InChI=1S/C22H24O6/c1-25-19-4-3-15(13-20(19)26-2)18(24)14-17-7-10-22(27-17)12-11-21(28-22)8-5-16(23)6-9-21/h3-6,8-9,13,17H,7,10-12,14H2,1-2H3/t17-,22-/m0/s1. The van der Waals surface area contributed by atoms with Crippen LogP contribution < -0.4 is 9.47 Å². The van der Waals surface area contributed by atoms with E-state index in [0.29, 0.717) is 17.1 Å². The van der Waals surface area contributed by atoms with Gasteiger partial charge in [0, 0.05) is 24.8 Å². The van der Waals surface area contributed by atoms with Crippen LogP contribution in [0.4, 0.5) is 0 Å². The molecule has 1 aromatic carbocycles. The molecule has 0 saturated carbocycles. The lowest BCUT2D eigenvalue weighted by Gasteiger charge is -2.29. The van der Waals surface area contributed by atoms with Crippen LogP contribution in [-0.2, 0) is 14.3 Å². The average molecular weight is 384 g/mol. The average Bonchev–Trinajstić information content (AvgIpc) is 3.27. The molecule has 148 valence electrons. The van der Waals surface area contributed by atoms with Crippen LogP contribution in [0.2, 0.25) is 0 Å². The van der Waals surface area contributed by atoms with Crippen LogP contribution in [0.15, 0.2) is 42.5 Å². The van der Waals surface area contributed by atoms with Gasteiger partial charge in [0.2, 0.25) is 0 Å². The largest absolute Gasteiger partial charge is 0.493 e. The highest BCUT2D eigenvalue weighted by Gasteiger charge is 2.52. The van der Waals surface area contributed by atoms with Gasteiger partial charge in [-0.2, -0.15) is 0 Å². The number of carbonyl (C=O) groups is 2. The second-order valence-corrected chi connectivity index (χ2v) is 7.51. The summed E-state index contributed by atoms with van der Waals surface area (Å²) in [6.07, 6.45) is 9.85. The second kappa shape index (κ2) is 7.18. The Bertz CT molecular complexity index is 839. The summed E-state index contributed by atoms with van der Waals surface area (Å²) in [5.41, 5.74) is 0.0126. The van der Waals surface area contributed by atoms with Crippen LogP contribution in [0.25, 0.3) is 0 Å². The third-order valence-electron chi connectivity index (χ3n) is 5.68. The Labute approximate surface area is 164 Å². The van der Waals surface area contributed by atoms with Gasteiger partial charge in [-0.15, -0.1) is 0 Å². The molecular weight excluding hydrogens is 360 g/mol. The Morgan fingerprint density at radius 3 is 2.57 bits per heavy atom. The summed E-state index contributed by atoms with van der Waals surface area (Å²) in [5, 5.41) is 0. The van der Waals surface area contributed by atoms with E-state index < -0.39 is 11.4 Å². The van der Waals surface area contributed by atoms with E-state index in [2.05, 4.69) is 0 Å². The molecule has 28 heavy (non-hydrogen) atoms. The molecule has 0 unspecified atom stereocenters. The molecule has 2 atom stereocenters. The van der Waals surface area contributed by atoms with Crippen molar-refractivity contribution in [2.75, 3.05) is 14.2 Å². The van der Waals surface area contributed by atoms with Crippen LogP contribution in [0.3, 0.4) is 0 Å². The van der Waals surface area contributed by atoms with Crippen molar-refractivity contribution in [2.24, 2.45) is 0 Å². The van der Waals surface area contributed by atoms with E-state index in [1.807, 2.05) is 12.2 Å². The summed E-state index contributed by atoms with van der Waals surface area (Å²) in [5.74, 6) is 0.424. The Kier molecular flexibility index (Phi) is 4.85. The van der Waals surface area contributed by atoms with Crippen molar-refractivity contribution < 1.29 is 28.5 Å². The SMILES string of the molecule is COc1ccc(C(=O)C[C@@H]2CC[C@]3(CCC4(C=CC(=O)C=C4)O3)O2)cc1OC. The smallest absolute Gasteiger partial charge is 0.178 e. The van der Waals surface area contributed by atoms with Crippen LogP contribution >= 0.6 is 0 Å². The molecule has 0 N–H and O–H groups in total. The number of carbonyl (C=O) groups excluding carboxylic acids is 2. The Morgan fingerprint density at radius 2 is 1.86 bits per heavy atom. The summed E-state index contributed by atoms with van der Waals surface area (Å²) in [6.45, 7) is 0. The van der Waals surface area contributed by atoms with Crippen LogP contribution in [-0.4, -0.2) is 43.3 Å². The van der Waals surface area contributed by atoms with Gasteiger partial charge in [0.25, 0.3) is 0 Å². The maximum atomic E-state index is 12.7. The number of hydrogen-bond acceptors (Lipinski definition) is 6. The zero-order valence-electron chi connectivity index (χ0n) is 16.1. The maximum absolute atomic E-state index is 12.7. The quantitative estimate of drug-likeness (QED) is 0.725. The normalized spacial score (nSPS) is 27.6. The fraction of sp³-hybridized carbons (Fsp3) is 0.455. The highest BCUT2D eigenvalue weighted by atomic mass is 16.7. The predicted molar refractivity (Wildman–Crippen MR) is 102 cm³/mol. The molecule has 2 saturated heterocycles. The van der Waals surface area contributed by atoms with Gasteiger partial charge in [0.1, 0.15) is 5.60 Å². The number of hydrogen-bond donors (Lipinski definition) is 0. The molecule has 0 radical (unpaired) electrons. The van der Waals surface area contributed by atoms with Gasteiger partial charge < -0.3 is 18.9 Å². The second-order valence-electron chi connectivity index (χ2n) is 7.51. The summed E-state index contributed by atoms with van der Waals surface area (Å²) in [6, 6.07) is 5.17. The zero-order valence-corrected chi connectivity index (χ0v) is 16.1. The van der Waals surface area contributed by atoms with Crippen molar-refractivity contribution in [2.45, 2.75) is 49.6 Å². The Hall–Kier alpha value is -2.44. The number of methoxy groups -OCH3 is 2. The Balaban J connectivity index is 1.40. The van der Waals surface area contributed by atoms with Gasteiger partial charge >= 0.3 is 0 Å². The van der Waals surface area contributed by atoms with E-state index in [1.54, 1.807) is 44.6 Å². The first-order valence-electron chi connectivity index (χ1n) is 9.52. The molecule has 0 bridgehead atoms. The predicted octanol–water partition coefficient (Wildman–Crippen LogP) is 3.40. The highest BCUT2D eigenvalue weighted by molar-refractivity contribution is 6.00. The summed E-state index contributed by atoms with van der Waals surface area (Å²) >= 11 is 0. The van der Waals surface area contributed by atoms with E-state index in [0.717, 1.165) is 25.7 Å². The van der Waals surface area contributed by atoms with Crippen molar-refractivity contribution in [3.05, 3.63) is 48.1 Å². The fourth-order valence-corrected chi connectivity index (χ4v) is 4.17. The van der Waals surface area contributed by atoms with Crippen LogP contribution in [0, 0.1) is 0 Å². The number of allylic oxidation sites excluding steroid dienone is 2. The van der Waals surface area contributed by atoms with Gasteiger partial charge in [0.05, 0.1) is 20.3 Å². The van der Waals surface area contributed by atoms with Crippen molar-refractivity contribution in [3.8, 4) is 11.5 Å². The molecular formula is C22H24O6. The molecule has 1 aliphatic carbocycles. The van der Waals surface area contributed by atoms with Crippen molar-refractivity contribution in [1.29, 1.82) is 0 Å². The van der Waals surface area contributed by atoms with Gasteiger partial charge in [-0.3, -0.25) is 9.59 Å². The maximum Gasteiger partial charge on any atom is 0.178 e. The number of ether oxygens (including phenoxy) is 4. The van der Waals surface area contributed by atoms with Crippen LogP contribution in [0.1, 0.15) is 42.5 Å². The summed E-state index contributed by atoms with van der Waals surface area (Å²) in [4.78, 5) is 24.1. The summed E-state index contributed by atoms with van der Waals surface area (Å²) in [7, 11) is 3.11. The molecule has 2 heterocycles. The lowest BCUT2D eigenvalue weighted by molar-refractivity contribution is -0.222. The molecule has 6 heteroatoms. The van der Waals surface area contributed by atoms with Crippen molar-refractivity contribution in [3.63, 3.8) is 0 Å². The lowest BCUT2D eigenvalue weighted by Crippen LogP contribution is -2.34. The van der Waals surface area contributed by atoms with Crippen molar-refractivity contribution >= 4 is 11.6 Å². The third-order valence-corrected chi connectivity index (χ3v) is 5.68. The van der Waals surface area contributed by atoms with E-state index >= 15 is 0 Å². The van der Waals surface area contributed by atoms with E-state index in [-0.39, 0.29) is 24.1 Å². The topological polar surface area (TPSA) is 71.1 Å². The van der Waals surface area contributed by atoms with Gasteiger partial charge in [-0.05, 0) is 55.3 Å². The molecule has 0 aromatic heterocycles.